The molecule has 3 N–H and O–H groups in total. The number of fused-ring (bicyclic) bond motifs is 2. The normalized spacial score (nSPS) is 14.5. The lowest BCUT2D eigenvalue weighted by atomic mass is 9.98. The Hall–Kier alpha value is -6.66. The average Bonchev–Trinajstić information content (AvgIpc) is 4.29. The molecule has 73 heavy (non-hydrogen) atoms. The molecule has 0 radical (unpaired) electrons. The Morgan fingerprint density at radius 3 is 1.53 bits per heavy atom. The fourth-order valence-electron chi connectivity index (χ4n) is 9.02. The lowest BCUT2D eigenvalue weighted by molar-refractivity contribution is -0.135. The van der Waals surface area contributed by atoms with Gasteiger partial charge in [0.2, 0.25) is 0 Å². The van der Waals surface area contributed by atoms with Crippen molar-refractivity contribution in [3.63, 3.8) is 0 Å². The number of ether oxygens (including phenoxy) is 2. The monoisotopic (exact) mass is 1050 g/mol. The Morgan fingerprint density at radius 1 is 0.630 bits per heavy atom. The molecule has 5 aromatic carbocycles. The van der Waals surface area contributed by atoms with E-state index in [1.54, 1.807) is 55.5 Å². The van der Waals surface area contributed by atoms with Crippen molar-refractivity contribution in [2.75, 3.05) is 27.9 Å². The van der Waals surface area contributed by atoms with Crippen LogP contribution in [0.15, 0.2) is 150 Å². The van der Waals surface area contributed by atoms with Gasteiger partial charge in [-0.05, 0) is 123 Å². The van der Waals surface area contributed by atoms with Gasteiger partial charge in [0.1, 0.15) is 0 Å². The molecule has 0 amide bonds. The topological polar surface area (TPSA) is 142 Å². The van der Waals surface area contributed by atoms with E-state index < -0.39 is 5.97 Å². The number of para-hydroxylation sites is 2. The number of methoxy groups -OCH3 is 2. The second-order valence-corrected chi connectivity index (χ2v) is 18.5. The molecular weight excluding hydrogens is 979 g/mol. The summed E-state index contributed by atoms with van der Waals surface area (Å²) >= 11 is 3.28. The van der Waals surface area contributed by atoms with Crippen molar-refractivity contribution in [3.8, 4) is 0 Å². The zero-order valence-corrected chi connectivity index (χ0v) is 45.4. The van der Waals surface area contributed by atoms with Crippen molar-refractivity contribution in [2.45, 2.75) is 98.1 Å². The Kier molecular flexibility index (Phi) is 25.6. The van der Waals surface area contributed by atoms with E-state index in [4.69, 9.17) is 5.11 Å². The molecule has 7 aromatic rings. The number of aliphatic hydroxyl groups is 1. The van der Waals surface area contributed by atoms with Crippen LogP contribution in [0.25, 0.3) is 34.0 Å². The minimum absolute atomic E-state index is 0.0264. The van der Waals surface area contributed by atoms with Gasteiger partial charge in [-0.15, -0.1) is 0 Å². The zero-order chi connectivity index (χ0) is 53.1. The highest BCUT2D eigenvalue weighted by Gasteiger charge is 2.30. The Balaban J connectivity index is 0.000000223. The van der Waals surface area contributed by atoms with Crippen molar-refractivity contribution in [2.24, 2.45) is 5.92 Å². The Bertz CT molecular complexity index is 2820. The lowest BCUT2D eigenvalue weighted by Gasteiger charge is -2.31. The predicted octanol–water partition coefficient (Wildman–Crippen LogP) is 14.4. The molecule has 1 saturated heterocycles. The van der Waals surface area contributed by atoms with Gasteiger partial charge in [-0.3, -0.25) is 14.5 Å². The molecule has 2 aromatic heterocycles. The number of esters is 2. The SMILES string of the molecule is CC.CC(=O)c1ccc(Br)cc1.CO.COC(=O)/C=C/c1ccc(C(C)=O)cc1.COC(=O)/C=C/c1ccc([C@@H](C)N2CCC[C@@H]2Cc2c[nH]c3ccccc23)cc1.c1ccc2c(CC3CCCC3)c[nH]c2c1. The van der Waals surface area contributed by atoms with E-state index >= 15 is 0 Å². The molecule has 9 rings (SSSR count). The van der Waals surface area contributed by atoms with Crippen LogP contribution in [0, 0.1) is 5.92 Å². The number of ketones is 2. The summed E-state index contributed by atoms with van der Waals surface area (Å²) in [6, 6.07) is 40.9. The summed E-state index contributed by atoms with van der Waals surface area (Å²) in [6.07, 6.45) is 21.2. The summed E-state index contributed by atoms with van der Waals surface area (Å²) in [5.74, 6) is 0.334. The van der Waals surface area contributed by atoms with Crippen molar-refractivity contribution < 1.29 is 33.8 Å². The van der Waals surface area contributed by atoms with Crippen LogP contribution in [0.3, 0.4) is 0 Å². The third-order valence-electron chi connectivity index (χ3n) is 12.9. The van der Waals surface area contributed by atoms with E-state index in [-0.39, 0.29) is 17.5 Å². The smallest absolute Gasteiger partial charge is 0.330 e. The van der Waals surface area contributed by atoms with Crippen molar-refractivity contribution in [1.82, 2.24) is 14.9 Å². The van der Waals surface area contributed by atoms with E-state index in [1.165, 1.54) is 117 Å². The van der Waals surface area contributed by atoms with E-state index in [0.717, 1.165) is 47.2 Å². The zero-order valence-electron chi connectivity index (χ0n) is 43.8. The first-order chi connectivity index (χ1) is 35.4. The molecule has 0 bridgehead atoms. The third kappa shape index (κ3) is 18.7. The van der Waals surface area contributed by atoms with E-state index in [0.29, 0.717) is 17.6 Å². The number of H-pyrrole nitrogens is 2. The molecule has 1 aliphatic heterocycles. The molecule has 0 spiro atoms. The second kappa shape index (κ2) is 31.7. The molecule has 2 atom stereocenters. The second-order valence-electron chi connectivity index (χ2n) is 17.6. The van der Waals surface area contributed by atoms with Crippen LogP contribution in [0.2, 0.25) is 0 Å². The molecule has 386 valence electrons. The highest BCUT2D eigenvalue weighted by Crippen LogP contribution is 2.33. The fraction of sp³-hybridized carbons (Fsp3) is 0.323. The number of aliphatic hydroxyl groups excluding tert-OH is 1. The minimum atomic E-state index is -0.398. The standard InChI is InChI=1S/C25H28N2O2.C14H17N.C12H12O3.C8H7BrO.C2H6.CH4O/c1-18(20-12-9-19(10-13-20)11-14-25(28)29-2)27-15-5-6-22(27)16-21-17-26-24-8-4-3-7-23(21)24;1-2-6-11(5-1)9-12-10-15-14-8-4-3-7-13(12)14;1-9(13)11-6-3-10(4-7-11)5-8-12(14)15-2;1-6(10)7-2-4-8(9)5-3-7;2*1-2/h3-4,7-14,17-18,22,26H,5-6,15-16H2,1-2H3;3-4,7-8,10-11,15H,1-2,5-6,9H2;3-8H,1-2H3;2-5H,1H3;1-2H3;2H,1H3/b14-11+;;8-5+;;;/t18-,22-;;;;;/m1...../s1. The van der Waals surface area contributed by atoms with Crippen LogP contribution in [-0.4, -0.2) is 77.4 Å². The number of aromatic nitrogens is 2. The Morgan fingerprint density at radius 2 is 1.07 bits per heavy atom. The molecule has 1 saturated carbocycles. The van der Waals surface area contributed by atoms with Gasteiger partial charge < -0.3 is 24.5 Å². The number of nitrogens with one attached hydrogen (secondary N) is 2. The summed E-state index contributed by atoms with van der Waals surface area (Å²) in [6.45, 7) is 10.5. The number of rotatable bonds is 12. The highest BCUT2D eigenvalue weighted by molar-refractivity contribution is 9.10. The number of hydrogen-bond donors (Lipinski definition) is 3. The maximum atomic E-state index is 11.3. The number of carbonyl (C=O) groups excluding carboxylic acids is 4. The minimum Gasteiger partial charge on any atom is -0.466 e. The number of aromatic amines is 2. The number of halogens is 1. The first kappa shape index (κ1) is 58.9. The molecule has 11 heteroatoms. The molecule has 3 heterocycles. The number of likely N-dealkylation sites (tertiary alicyclic amines) is 1. The maximum absolute atomic E-state index is 11.3. The van der Waals surface area contributed by atoms with Crippen molar-refractivity contribution >= 4 is 73.4 Å². The van der Waals surface area contributed by atoms with Crippen molar-refractivity contribution in [3.05, 3.63) is 189 Å². The van der Waals surface area contributed by atoms with E-state index in [2.05, 4.69) is 132 Å². The Labute approximate surface area is 441 Å². The number of carbonyl (C=O) groups is 4. The molecular formula is C62H74BrN3O7. The van der Waals surface area contributed by atoms with Gasteiger partial charge in [-0.25, -0.2) is 9.59 Å². The molecule has 10 nitrogen and oxygen atoms in total. The van der Waals surface area contributed by atoms with Crippen LogP contribution < -0.4 is 0 Å². The van der Waals surface area contributed by atoms with Gasteiger partial charge >= 0.3 is 11.9 Å². The van der Waals surface area contributed by atoms with Gasteiger partial charge in [-0.2, -0.15) is 0 Å². The average molecular weight is 1050 g/mol. The molecule has 2 fully saturated rings. The number of benzene rings is 5. The summed E-state index contributed by atoms with van der Waals surface area (Å²) in [5, 5.41) is 9.76. The van der Waals surface area contributed by atoms with Gasteiger partial charge in [-0.1, -0.05) is 153 Å². The van der Waals surface area contributed by atoms with Gasteiger partial charge in [0.25, 0.3) is 0 Å². The van der Waals surface area contributed by atoms with E-state index in [1.807, 2.05) is 26.0 Å². The summed E-state index contributed by atoms with van der Waals surface area (Å²) in [4.78, 5) is 53.2. The summed E-state index contributed by atoms with van der Waals surface area (Å²) in [5.41, 5.74) is 10.00. The van der Waals surface area contributed by atoms with Crippen LogP contribution in [0.1, 0.15) is 128 Å². The highest BCUT2D eigenvalue weighted by atomic mass is 79.9. The fourth-order valence-corrected chi connectivity index (χ4v) is 9.29. The molecule has 2 aliphatic rings. The van der Waals surface area contributed by atoms with Crippen LogP contribution >= 0.6 is 15.9 Å². The summed E-state index contributed by atoms with van der Waals surface area (Å²) < 4.78 is 10.1. The van der Waals surface area contributed by atoms with Crippen molar-refractivity contribution in [1.29, 1.82) is 0 Å². The maximum Gasteiger partial charge on any atom is 0.330 e. The quantitative estimate of drug-likeness (QED) is 0.0624. The van der Waals surface area contributed by atoms with Crippen LogP contribution in [0.4, 0.5) is 0 Å². The van der Waals surface area contributed by atoms with Crippen LogP contribution in [-0.2, 0) is 31.9 Å². The van der Waals surface area contributed by atoms with E-state index in [9.17, 15) is 19.2 Å². The molecule has 1 aliphatic carbocycles. The largest absolute Gasteiger partial charge is 0.466 e. The van der Waals surface area contributed by atoms with Crippen LogP contribution in [0.5, 0.6) is 0 Å². The number of hydrogen-bond acceptors (Lipinski definition) is 8. The number of Topliss-reactive ketones (excluding diaryl/α,β-unsaturated/α-hetero) is 2. The first-order valence-corrected chi connectivity index (χ1v) is 26.0. The molecule has 0 unspecified atom stereocenters. The lowest BCUT2D eigenvalue weighted by Crippen LogP contribution is -2.33. The predicted molar refractivity (Wildman–Crippen MR) is 303 cm³/mol. The summed E-state index contributed by atoms with van der Waals surface area (Å²) in [7, 11) is 3.71. The van der Waals surface area contributed by atoms with Gasteiger partial charge in [0.05, 0.1) is 14.2 Å². The third-order valence-corrected chi connectivity index (χ3v) is 13.5. The number of nitrogens with zero attached hydrogens (tertiary/aromatic N) is 1. The van der Waals surface area contributed by atoms with Gasteiger partial charge in [0, 0.05) is 81.1 Å². The first-order valence-electron chi connectivity index (χ1n) is 25.2. The van der Waals surface area contributed by atoms with Gasteiger partial charge in [0.15, 0.2) is 11.6 Å².